The van der Waals surface area contributed by atoms with Crippen molar-refractivity contribution in [3.63, 3.8) is 0 Å². The van der Waals surface area contributed by atoms with Gasteiger partial charge in [0.15, 0.2) is 12.2 Å². The fraction of sp³-hybridized carbons (Fsp3) is 0.182. The summed E-state index contributed by atoms with van der Waals surface area (Å²) in [6.07, 6.45) is -54.0. The van der Waals surface area contributed by atoms with Crippen molar-refractivity contribution in [3.05, 3.63) is 236 Å². The van der Waals surface area contributed by atoms with Crippen LogP contribution in [0.4, 0.5) is 111 Å². The second-order valence-electron chi connectivity index (χ2n) is 18.7. The standard InChI is InChI=1S/C32H12BF24.C23H19N4/c34-25(35,36)13-1-14(26(37,38)39)6-21(5-13)33(22-7-15(27(40,41)42)2-16(8-22)28(43,44)45,23-9-17(29(46,47)48)3-18(10-23)30(49,50)51)24-11-19(31(52,53)54)4-20(12-24)32(55,56)57;24-26-25-21-11-6-9-19(15-21)16-22-14-13-20-10-4-5-12-23(20)27(22)17-18-7-2-1-3-8-18/h1-12H;1-15H,16-17H2/q-1;+1. The van der Waals surface area contributed by atoms with Gasteiger partial charge in [-0.15, -0.1) is 0 Å². The maximum absolute atomic E-state index is 14.2. The van der Waals surface area contributed by atoms with Gasteiger partial charge in [-0.2, -0.15) is 132 Å². The fourth-order valence-corrected chi connectivity index (χ4v) is 9.47. The van der Waals surface area contributed by atoms with Crippen LogP contribution in [-0.4, -0.2) is 6.15 Å². The predicted octanol–water partition coefficient (Wildman–Crippen LogP) is 16.9. The van der Waals surface area contributed by atoms with E-state index in [-0.39, 0.29) is 0 Å². The maximum Gasteiger partial charge on any atom is 0.416 e. The van der Waals surface area contributed by atoms with E-state index in [9.17, 15) is 105 Å². The maximum atomic E-state index is 14.2. The number of para-hydroxylation sites is 1. The first-order chi connectivity index (χ1) is 38.6. The van der Waals surface area contributed by atoms with Gasteiger partial charge in [0.2, 0.25) is 5.52 Å². The number of nitrogens with zero attached hydrogens (tertiary/aromatic N) is 4. The molecule has 0 N–H and O–H groups in total. The summed E-state index contributed by atoms with van der Waals surface area (Å²) in [6.45, 7) is 0.813. The lowest BCUT2D eigenvalue weighted by molar-refractivity contribution is -0.669. The highest BCUT2D eigenvalue weighted by Gasteiger charge is 2.47. The molecule has 0 aliphatic rings. The Morgan fingerprint density at radius 2 is 0.667 bits per heavy atom. The molecule has 0 fully saturated rings. The zero-order valence-corrected chi connectivity index (χ0v) is 41.4. The van der Waals surface area contributed by atoms with Crippen molar-refractivity contribution < 1.29 is 110 Å². The number of rotatable bonds is 9. The molecule has 1 aromatic heterocycles. The summed E-state index contributed by atoms with van der Waals surface area (Å²) in [6, 6.07) is 22.3. The lowest BCUT2D eigenvalue weighted by atomic mass is 9.12. The number of hydrogen-bond donors (Lipinski definition) is 0. The second-order valence-corrected chi connectivity index (χ2v) is 18.7. The van der Waals surface area contributed by atoms with Gasteiger partial charge in [-0.3, -0.25) is 0 Å². The van der Waals surface area contributed by atoms with Crippen molar-refractivity contribution in [1.82, 2.24) is 0 Å². The van der Waals surface area contributed by atoms with Gasteiger partial charge in [-0.25, -0.2) is 0 Å². The van der Waals surface area contributed by atoms with Crippen LogP contribution in [0.5, 0.6) is 0 Å². The Labute approximate surface area is 456 Å². The van der Waals surface area contributed by atoms with Crippen LogP contribution in [-0.2, 0) is 62.4 Å². The van der Waals surface area contributed by atoms with Gasteiger partial charge in [0, 0.05) is 33.7 Å². The molecule has 4 nitrogen and oxygen atoms in total. The third-order valence-corrected chi connectivity index (χ3v) is 13.1. The van der Waals surface area contributed by atoms with E-state index in [1.165, 1.54) is 22.2 Å². The van der Waals surface area contributed by atoms with E-state index in [1.54, 1.807) is 0 Å². The van der Waals surface area contributed by atoms with Crippen LogP contribution in [0.2, 0.25) is 0 Å². The van der Waals surface area contributed by atoms with Crippen LogP contribution in [0.1, 0.15) is 61.3 Å². The van der Waals surface area contributed by atoms with Crippen molar-refractivity contribution in [2.24, 2.45) is 5.11 Å². The number of fused-ring (bicyclic) bond motifs is 1. The molecule has 0 radical (unpaired) electrons. The molecule has 0 saturated heterocycles. The molecule has 0 bridgehead atoms. The van der Waals surface area contributed by atoms with Crippen LogP contribution in [0.15, 0.2) is 169 Å². The molecular weight excluding hydrogens is 1180 g/mol. The first kappa shape index (κ1) is 63.2. The Balaban J connectivity index is 0.000000309. The van der Waals surface area contributed by atoms with Crippen molar-refractivity contribution in [1.29, 1.82) is 0 Å². The molecule has 0 unspecified atom stereocenters. The van der Waals surface area contributed by atoms with Crippen molar-refractivity contribution >= 4 is 44.6 Å². The first-order valence-corrected chi connectivity index (χ1v) is 23.5. The Bertz CT molecular complexity index is 3320. The Morgan fingerprint density at radius 3 is 1.00 bits per heavy atom. The average Bonchev–Trinajstić information content (AvgIpc) is 0.764. The highest BCUT2D eigenvalue weighted by molar-refractivity contribution is 7.20. The zero-order valence-electron chi connectivity index (χ0n) is 41.4. The van der Waals surface area contributed by atoms with Gasteiger partial charge in [0.25, 0.3) is 0 Å². The topological polar surface area (TPSA) is 52.6 Å². The van der Waals surface area contributed by atoms with Crippen molar-refractivity contribution in [2.75, 3.05) is 0 Å². The van der Waals surface area contributed by atoms with E-state index < -0.39 is 195 Å². The Kier molecular flexibility index (Phi) is 17.1. The zero-order chi connectivity index (χ0) is 62.4. The highest BCUT2D eigenvalue weighted by Crippen LogP contribution is 2.42. The normalized spacial score (nSPS) is 13.1. The lowest BCUT2D eigenvalue weighted by Crippen LogP contribution is -2.75. The SMILES string of the molecule is FC(F)(F)c1cc([B-](c2cc(C(F)(F)F)cc(C(F)(F)F)c2)(c2cc(C(F)(F)F)cc(C(F)(F)F)c2)c2cc(C(F)(F)F)cc(C(F)(F)F)c2)cc(C(F)(F)F)c1.[N-]=[N+]=Nc1cccc(Cc2ccc3ccccc3[n+]2Cc2ccccc2)c1. The molecular formula is C55H31BF24N4. The summed E-state index contributed by atoms with van der Waals surface area (Å²) in [7, 11) is 0. The van der Waals surface area contributed by atoms with E-state index in [2.05, 4.69) is 81.3 Å². The predicted molar refractivity (Wildman–Crippen MR) is 258 cm³/mol. The molecule has 1 heterocycles. The first-order valence-electron chi connectivity index (χ1n) is 23.5. The Morgan fingerprint density at radius 1 is 0.345 bits per heavy atom. The summed E-state index contributed by atoms with van der Waals surface area (Å²) in [5.74, 6) is 0. The molecule has 84 heavy (non-hydrogen) atoms. The van der Waals surface area contributed by atoms with E-state index in [4.69, 9.17) is 5.53 Å². The summed E-state index contributed by atoms with van der Waals surface area (Å²) in [5, 5.41) is 4.95. The third-order valence-electron chi connectivity index (χ3n) is 13.1. The molecule has 8 aromatic rings. The van der Waals surface area contributed by atoms with E-state index in [1.807, 2.05) is 24.3 Å². The second kappa shape index (κ2) is 22.7. The van der Waals surface area contributed by atoms with Gasteiger partial charge >= 0.3 is 49.4 Å². The Hall–Kier alpha value is -8.36. The monoisotopic (exact) mass is 1210 g/mol. The van der Waals surface area contributed by atoms with E-state index in [0.29, 0.717) is 5.69 Å². The molecule has 0 amide bonds. The number of azide groups is 1. The van der Waals surface area contributed by atoms with Gasteiger partial charge in [-0.05, 0) is 53.6 Å². The summed E-state index contributed by atoms with van der Waals surface area (Å²) in [4.78, 5) is 2.89. The third kappa shape index (κ3) is 14.3. The molecule has 0 spiro atoms. The summed E-state index contributed by atoms with van der Waals surface area (Å²) >= 11 is 0. The minimum absolute atomic E-state index is 0.644. The quantitative estimate of drug-likeness (QED) is 0.0345. The molecule has 0 saturated carbocycles. The number of benzene rings is 7. The smallest absolute Gasteiger partial charge is 0.194 e. The van der Waals surface area contributed by atoms with Crippen LogP contribution in [0.3, 0.4) is 0 Å². The van der Waals surface area contributed by atoms with Crippen LogP contribution in [0, 0.1) is 0 Å². The number of hydrogen-bond acceptors (Lipinski definition) is 1. The molecule has 7 aromatic carbocycles. The molecule has 442 valence electrons. The fourth-order valence-electron chi connectivity index (χ4n) is 9.47. The van der Waals surface area contributed by atoms with E-state index in [0.717, 1.165) is 18.5 Å². The molecule has 0 aliphatic heterocycles. The van der Waals surface area contributed by atoms with Crippen molar-refractivity contribution in [2.45, 2.75) is 62.4 Å². The van der Waals surface area contributed by atoms with Gasteiger partial charge in [0.05, 0.1) is 50.9 Å². The van der Waals surface area contributed by atoms with Gasteiger partial charge in [0.1, 0.15) is 6.15 Å². The number of halogens is 24. The van der Waals surface area contributed by atoms with Gasteiger partial charge < -0.3 is 0 Å². The molecule has 0 aliphatic carbocycles. The molecule has 8 rings (SSSR count). The minimum atomic E-state index is -6.13. The largest absolute Gasteiger partial charge is 0.416 e. The van der Waals surface area contributed by atoms with Crippen LogP contribution < -0.4 is 26.4 Å². The van der Waals surface area contributed by atoms with Crippen LogP contribution >= 0.6 is 0 Å². The average molecular weight is 1210 g/mol. The minimum Gasteiger partial charge on any atom is -0.194 e. The van der Waals surface area contributed by atoms with Gasteiger partial charge in [-0.1, -0.05) is 114 Å². The number of aromatic nitrogens is 1. The molecule has 0 atom stereocenters. The summed E-state index contributed by atoms with van der Waals surface area (Å²) < 4.78 is 343. The summed E-state index contributed by atoms with van der Waals surface area (Å²) in [5.41, 5.74) is -16.1. The highest BCUT2D eigenvalue weighted by atomic mass is 19.4. The molecule has 29 heteroatoms. The lowest BCUT2D eigenvalue weighted by Gasteiger charge is -2.46. The number of alkyl halides is 24. The number of pyridine rings is 1. The van der Waals surface area contributed by atoms with Crippen LogP contribution in [0.25, 0.3) is 21.3 Å². The van der Waals surface area contributed by atoms with E-state index >= 15 is 0 Å². The van der Waals surface area contributed by atoms with Crippen molar-refractivity contribution in [3.8, 4) is 0 Å².